The molecule has 0 atom stereocenters. The molecule has 1 amide bonds. The second-order valence-electron chi connectivity index (χ2n) is 6.86. The molecule has 0 saturated carbocycles. The van der Waals surface area contributed by atoms with Crippen molar-refractivity contribution >= 4 is 44.5 Å². The Morgan fingerprint density at radius 3 is 2.35 bits per heavy atom. The molecule has 1 aliphatic rings. The molecule has 1 aliphatic heterocycles. The highest BCUT2D eigenvalue weighted by molar-refractivity contribution is 7.97. The number of hydrogen-bond donors (Lipinski definition) is 1. The minimum Gasteiger partial charge on any atom is -0.495 e. The van der Waals surface area contributed by atoms with Gasteiger partial charge in [-0.05, 0) is 29.8 Å². The van der Waals surface area contributed by atoms with Gasteiger partial charge in [0.2, 0.25) is 0 Å². The Balaban J connectivity index is 1.91. The van der Waals surface area contributed by atoms with E-state index in [1.165, 1.54) is 20.2 Å². The number of methoxy groups -OCH3 is 1. The Bertz CT molecular complexity index is 1300. The number of halogens is 1. The van der Waals surface area contributed by atoms with Crippen LogP contribution in [0.1, 0.15) is 11.1 Å². The van der Waals surface area contributed by atoms with Crippen molar-refractivity contribution in [2.45, 2.75) is 0 Å². The molecule has 0 radical (unpaired) electrons. The number of sulfonamides is 1. The van der Waals surface area contributed by atoms with Crippen LogP contribution in [0.5, 0.6) is 5.75 Å². The molecule has 6 nitrogen and oxygen atoms in total. The summed E-state index contributed by atoms with van der Waals surface area (Å²) in [6, 6.07) is 20.8. The van der Waals surface area contributed by atoms with Crippen LogP contribution >= 0.6 is 11.6 Å². The van der Waals surface area contributed by atoms with Crippen molar-refractivity contribution in [2.75, 3.05) is 23.8 Å². The first-order valence-corrected chi connectivity index (χ1v) is 11.2. The van der Waals surface area contributed by atoms with Gasteiger partial charge in [-0.2, -0.15) is 0 Å². The average molecular weight is 455 g/mol. The number of nitrogens with one attached hydrogen (secondary N) is 1. The van der Waals surface area contributed by atoms with Crippen molar-refractivity contribution in [3.8, 4) is 5.75 Å². The number of carbonyl (C=O) groups is 1. The maximum absolute atomic E-state index is 13.4. The van der Waals surface area contributed by atoms with Crippen molar-refractivity contribution in [2.24, 2.45) is 0 Å². The zero-order chi connectivity index (χ0) is 22.2. The summed E-state index contributed by atoms with van der Waals surface area (Å²) in [5.41, 5.74) is 2.50. The third kappa shape index (κ3) is 3.66. The predicted octanol–water partition coefficient (Wildman–Crippen LogP) is 4.53. The lowest BCUT2D eigenvalue weighted by Crippen LogP contribution is -2.37. The summed E-state index contributed by atoms with van der Waals surface area (Å²) in [5.74, 6) is -0.302. The minimum absolute atomic E-state index is 0.298. The highest BCUT2D eigenvalue weighted by atomic mass is 35.5. The quantitative estimate of drug-likeness (QED) is 0.628. The zero-order valence-electron chi connectivity index (χ0n) is 16.8. The Hall–Kier alpha value is -3.29. The minimum atomic E-state index is -4.11. The van der Waals surface area contributed by atoms with E-state index in [0.717, 1.165) is 4.31 Å². The molecule has 0 saturated heterocycles. The SMILES string of the molecule is COc1ccc(NC(=O)C2=C(c3ccccc3)c3ccccc3N(C)S2(=O)=O)cc1Cl. The van der Waals surface area contributed by atoms with Crippen LogP contribution in [-0.4, -0.2) is 28.5 Å². The summed E-state index contributed by atoms with van der Waals surface area (Å²) in [6.07, 6.45) is 0. The number of benzene rings is 3. The maximum atomic E-state index is 13.4. The van der Waals surface area contributed by atoms with Crippen LogP contribution in [0, 0.1) is 0 Å². The third-order valence-corrected chi connectivity index (χ3v) is 7.16. The summed E-state index contributed by atoms with van der Waals surface area (Å²) in [7, 11) is -1.19. The molecule has 0 bridgehead atoms. The lowest BCUT2D eigenvalue weighted by Gasteiger charge is -2.30. The molecule has 0 spiro atoms. The predicted molar refractivity (Wildman–Crippen MR) is 123 cm³/mol. The topological polar surface area (TPSA) is 75.7 Å². The fraction of sp³-hybridized carbons (Fsp3) is 0.0870. The molecule has 0 unspecified atom stereocenters. The van der Waals surface area contributed by atoms with Crippen LogP contribution in [-0.2, 0) is 14.8 Å². The first-order chi connectivity index (χ1) is 14.8. The smallest absolute Gasteiger partial charge is 0.270 e. The number of para-hydroxylation sites is 1. The first kappa shape index (κ1) is 21.0. The molecule has 3 aromatic rings. The van der Waals surface area contributed by atoms with Gasteiger partial charge in [-0.25, -0.2) is 8.42 Å². The van der Waals surface area contributed by atoms with Crippen LogP contribution in [0.4, 0.5) is 11.4 Å². The standard InChI is InChI=1S/C23H19ClN2O4S/c1-26-19-11-7-6-10-17(19)21(15-8-4-3-5-9-15)22(31(26,28)29)23(27)25-16-12-13-20(30-2)18(24)14-16/h3-14H,1-2H3,(H,25,27). The van der Waals surface area contributed by atoms with Gasteiger partial charge in [0.15, 0.2) is 4.91 Å². The molecule has 0 aliphatic carbocycles. The zero-order valence-corrected chi connectivity index (χ0v) is 18.4. The lowest BCUT2D eigenvalue weighted by atomic mass is 9.95. The lowest BCUT2D eigenvalue weighted by molar-refractivity contribution is -0.112. The van der Waals surface area contributed by atoms with Gasteiger partial charge in [0.25, 0.3) is 15.9 Å². The van der Waals surface area contributed by atoms with E-state index < -0.39 is 15.9 Å². The van der Waals surface area contributed by atoms with E-state index in [1.807, 2.05) is 12.1 Å². The largest absolute Gasteiger partial charge is 0.495 e. The first-order valence-electron chi connectivity index (χ1n) is 9.37. The maximum Gasteiger partial charge on any atom is 0.270 e. The van der Waals surface area contributed by atoms with E-state index in [9.17, 15) is 13.2 Å². The van der Waals surface area contributed by atoms with Gasteiger partial charge in [-0.3, -0.25) is 9.10 Å². The van der Waals surface area contributed by atoms with Gasteiger partial charge in [0, 0.05) is 23.9 Å². The molecule has 31 heavy (non-hydrogen) atoms. The van der Waals surface area contributed by atoms with Crippen LogP contribution in [0.2, 0.25) is 5.02 Å². The monoisotopic (exact) mass is 454 g/mol. The van der Waals surface area contributed by atoms with Gasteiger partial charge in [-0.1, -0.05) is 60.1 Å². The van der Waals surface area contributed by atoms with Crippen LogP contribution in [0.25, 0.3) is 5.57 Å². The van der Waals surface area contributed by atoms with Crippen molar-refractivity contribution in [1.29, 1.82) is 0 Å². The highest BCUT2D eigenvalue weighted by Gasteiger charge is 2.39. The van der Waals surface area contributed by atoms with Crippen LogP contribution in [0.3, 0.4) is 0 Å². The number of rotatable bonds is 4. The molecule has 0 fully saturated rings. The van der Waals surface area contributed by atoms with Gasteiger partial charge >= 0.3 is 0 Å². The van der Waals surface area contributed by atoms with Gasteiger partial charge in [-0.15, -0.1) is 0 Å². The Kier molecular flexibility index (Phi) is 5.47. The van der Waals surface area contributed by atoms with Crippen molar-refractivity contribution < 1.29 is 17.9 Å². The molecular weight excluding hydrogens is 436 g/mol. The van der Waals surface area contributed by atoms with Crippen molar-refractivity contribution in [3.05, 3.63) is 93.9 Å². The molecule has 4 rings (SSSR count). The second-order valence-corrected chi connectivity index (χ2v) is 9.18. The number of nitrogens with zero attached hydrogens (tertiary/aromatic N) is 1. The Labute approximate surface area is 185 Å². The fourth-order valence-electron chi connectivity index (χ4n) is 3.53. The summed E-state index contributed by atoms with van der Waals surface area (Å²) in [4.78, 5) is 13.0. The van der Waals surface area contributed by atoms with Crippen molar-refractivity contribution in [3.63, 3.8) is 0 Å². The summed E-state index contributed by atoms with van der Waals surface area (Å²) < 4.78 is 33.1. The van der Waals surface area contributed by atoms with Gasteiger partial charge < -0.3 is 10.1 Å². The number of ether oxygens (including phenoxy) is 1. The Morgan fingerprint density at radius 2 is 1.68 bits per heavy atom. The van der Waals surface area contributed by atoms with Gasteiger partial charge in [0.1, 0.15) is 5.75 Å². The Morgan fingerprint density at radius 1 is 1.00 bits per heavy atom. The number of carbonyl (C=O) groups excluding carboxylic acids is 1. The van der Waals surface area contributed by atoms with Crippen LogP contribution < -0.4 is 14.4 Å². The van der Waals surface area contributed by atoms with E-state index in [4.69, 9.17) is 16.3 Å². The van der Waals surface area contributed by atoms with E-state index in [2.05, 4.69) is 5.32 Å². The van der Waals surface area contributed by atoms with E-state index in [0.29, 0.717) is 38.8 Å². The number of hydrogen-bond acceptors (Lipinski definition) is 4. The van der Waals surface area contributed by atoms with E-state index >= 15 is 0 Å². The molecule has 3 aromatic carbocycles. The molecule has 0 aromatic heterocycles. The fourth-order valence-corrected chi connectivity index (χ4v) is 5.25. The molecule has 158 valence electrons. The summed E-state index contributed by atoms with van der Waals surface area (Å²) in [5, 5.41) is 2.97. The third-order valence-electron chi connectivity index (χ3n) is 5.04. The number of anilines is 2. The van der Waals surface area contributed by atoms with Crippen molar-refractivity contribution in [1.82, 2.24) is 0 Å². The summed E-state index contributed by atoms with van der Waals surface area (Å²) >= 11 is 6.15. The van der Waals surface area contributed by atoms with Crippen LogP contribution in [0.15, 0.2) is 77.7 Å². The summed E-state index contributed by atoms with van der Waals surface area (Å²) in [6.45, 7) is 0. The highest BCUT2D eigenvalue weighted by Crippen LogP contribution is 2.42. The molecule has 8 heteroatoms. The number of fused-ring (bicyclic) bond motifs is 1. The molecule has 1 N–H and O–H groups in total. The number of amides is 1. The normalized spacial score (nSPS) is 14.7. The molecule has 1 heterocycles. The van der Waals surface area contributed by atoms with Gasteiger partial charge in [0.05, 0.1) is 17.8 Å². The average Bonchev–Trinajstić information content (AvgIpc) is 2.76. The second kappa shape index (κ2) is 8.09. The van der Waals surface area contributed by atoms with E-state index in [-0.39, 0.29) is 4.91 Å². The molecular formula is C23H19ClN2O4S. The van der Waals surface area contributed by atoms with E-state index in [1.54, 1.807) is 54.6 Å².